The van der Waals surface area contributed by atoms with E-state index < -0.39 is 0 Å². The number of nitrogens with one attached hydrogen (secondary N) is 1. The van der Waals surface area contributed by atoms with Gasteiger partial charge in [-0.05, 0) is 31.7 Å². The maximum Gasteiger partial charge on any atom is 0.194 e. The van der Waals surface area contributed by atoms with Crippen molar-refractivity contribution < 1.29 is 4.74 Å². The van der Waals surface area contributed by atoms with E-state index in [1.54, 1.807) is 7.11 Å². The van der Waals surface area contributed by atoms with Gasteiger partial charge in [0.2, 0.25) is 0 Å². The Kier molecular flexibility index (Phi) is 13.4. The first-order chi connectivity index (χ1) is 11.1. The molecule has 7 heteroatoms. The molecule has 0 saturated heterocycles. The lowest BCUT2D eigenvalue weighted by atomic mass is 10.2. The smallest absolute Gasteiger partial charge is 0.194 e. The van der Waals surface area contributed by atoms with Gasteiger partial charge in [-0.25, -0.2) is 0 Å². The molecule has 1 rings (SSSR count). The second-order valence-electron chi connectivity index (χ2n) is 5.52. The molecule has 0 aliphatic heterocycles. The molecular weight excluding hydrogens is 439 g/mol. The second-order valence-corrected chi connectivity index (χ2v) is 5.95. The second kappa shape index (κ2) is 13.7. The van der Waals surface area contributed by atoms with E-state index in [0.717, 1.165) is 50.3 Å². The Hall–Kier alpha value is -0.570. The normalized spacial score (nSPS) is 11.3. The molecule has 0 heterocycles. The Labute approximate surface area is 168 Å². The summed E-state index contributed by atoms with van der Waals surface area (Å²) >= 11 is 6.05. The molecule has 0 aromatic heterocycles. The third-order valence-electron chi connectivity index (χ3n) is 3.43. The van der Waals surface area contributed by atoms with Gasteiger partial charge in [-0.3, -0.25) is 4.99 Å². The van der Waals surface area contributed by atoms with Crippen LogP contribution in [0.15, 0.2) is 29.3 Å². The number of ether oxygens (including phenoxy) is 1. The molecule has 0 unspecified atom stereocenters. The van der Waals surface area contributed by atoms with Crippen molar-refractivity contribution in [2.75, 3.05) is 54.0 Å². The molecule has 0 radical (unpaired) electrons. The van der Waals surface area contributed by atoms with Crippen molar-refractivity contribution in [3.05, 3.63) is 34.9 Å². The Morgan fingerprint density at radius 3 is 2.67 bits per heavy atom. The molecule has 5 nitrogen and oxygen atoms in total. The number of nitrogens with zero attached hydrogens (tertiary/aromatic N) is 3. The molecule has 1 aromatic carbocycles. The van der Waals surface area contributed by atoms with Crippen LogP contribution in [0.4, 0.5) is 0 Å². The average molecular weight is 469 g/mol. The lowest BCUT2D eigenvalue weighted by molar-refractivity contribution is 0.163. The summed E-state index contributed by atoms with van der Waals surface area (Å²) in [5, 5.41) is 4.10. The predicted molar refractivity (Wildman–Crippen MR) is 114 cm³/mol. The van der Waals surface area contributed by atoms with Gasteiger partial charge >= 0.3 is 0 Å². The number of aliphatic imine (C=N–C) groups is 1. The summed E-state index contributed by atoms with van der Waals surface area (Å²) in [6.07, 6.45) is 0. The summed E-state index contributed by atoms with van der Waals surface area (Å²) < 4.78 is 5.08. The van der Waals surface area contributed by atoms with Crippen LogP contribution in [0.1, 0.15) is 12.5 Å². The van der Waals surface area contributed by atoms with Crippen LogP contribution >= 0.6 is 35.6 Å². The molecule has 0 spiro atoms. The van der Waals surface area contributed by atoms with E-state index in [4.69, 9.17) is 21.3 Å². The summed E-state index contributed by atoms with van der Waals surface area (Å²) in [7, 11) is 5.84. The number of hydrogen-bond donors (Lipinski definition) is 1. The van der Waals surface area contributed by atoms with Gasteiger partial charge in [0.25, 0.3) is 0 Å². The van der Waals surface area contributed by atoms with Crippen molar-refractivity contribution in [1.29, 1.82) is 0 Å². The molecule has 1 N–H and O–H groups in total. The Morgan fingerprint density at radius 2 is 2.04 bits per heavy atom. The number of hydrogen-bond acceptors (Lipinski definition) is 3. The summed E-state index contributed by atoms with van der Waals surface area (Å²) in [4.78, 5) is 9.03. The van der Waals surface area contributed by atoms with E-state index >= 15 is 0 Å². The van der Waals surface area contributed by atoms with E-state index in [-0.39, 0.29) is 24.0 Å². The van der Waals surface area contributed by atoms with Crippen LogP contribution in [0, 0.1) is 0 Å². The van der Waals surface area contributed by atoms with Gasteiger partial charge in [0.1, 0.15) is 0 Å². The zero-order chi connectivity index (χ0) is 17.1. The van der Waals surface area contributed by atoms with E-state index in [0.29, 0.717) is 0 Å². The third-order valence-corrected chi connectivity index (χ3v) is 3.66. The Balaban J connectivity index is 0.00000529. The number of methoxy groups -OCH3 is 1. The van der Waals surface area contributed by atoms with Crippen molar-refractivity contribution in [3.63, 3.8) is 0 Å². The van der Waals surface area contributed by atoms with Gasteiger partial charge in [0.05, 0.1) is 13.2 Å². The first-order valence-corrected chi connectivity index (χ1v) is 8.36. The molecule has 0 saturated carbocycles. The number of benzene rings is 1. The maximum absolute atomic E-state index is 6.05. The molecular formula is C17H30ClIN4O. The van der Waals surface area contributed by atoms with Crippen molar-refractivity contribution in [3.8, 4) is 0 Å². The molecule has 24 heavy (non-hydrogen) atoms. The molecule has 0 aliphatic rings. The lowest BCUT2D eigenvalue weighted by Gasteiger charge is -2.23. The Morgan fingerprint density at radius 1 is 1.29 bits per heavy atom. The fraction of sp³-hybridized carbons (Fsp3) is 0.588. The van der Waals surface area contributed by atoms with Crippen LogP contribution in [0.2, 0.25) is 5.02 Å². The minimum atomic E-state index is 0. The van der Waals surface area contributed by atoms with Gasteiger partial charge in [-0.1, -0.05) is 23.7 Å². The van der Waals surface area contributed by atoms with E-state index in [2.05, 4.69) is 35.2 Å². The van der Waals surface area contributed by atoms with Gasteiger partial charge in [0, 0.05) is 45.4 Å². The quantitative estimate of drug-likeness (QED) is 0.344. The van der Waals surface area contributed by atoms with Crippen molar-refractivity contribution in [1.82, 2.24) is 15.1 Å². The van der Waals surface area contributed by atoms with Crippen molar-refractivity contribution >= 4 is 41.5 Å². The summed E-state index contributed by atoms with van der Waals surface area (Å²) in [6, 6.07) is 7.92. The standard InChI is InChI=1S/C17H29ClN4O.HI/c1-5-19-17(20-9-10-21(2)11-12-23-4)22(3)14-15-7-6-8-16(18)13-15;/h6-8,13H,5,9-12,14H2,1-4H3,(H,19,20);1H. The summed E-state index contributed by atoms with van der Waals surface area (Å²) in [5.74, 6) is 0.910. The minimum absolute atomic E-state index is 0. The zero-order valence-corrected chi connectivity index (χ0v) is 18.2. The van der Waals surface area contributed by atoms with Gasteiger partial charge < -0.3 is 19.9 Å². The molecule has 0 amide bonds. The maximum atomic E-state index is 6.05. The highest BCUT2D eigenvalue weighted by Crippen LogP contribution is 2.12. The average Bonchev–Trinajstić information content (AvgIpc) is 2.52. The highest BCUT2D eigenvalue weighted by molar-refractivity contribution is 14.0. The highest BCUT2D eigenvalue weighted by Gasteiger charge is 2.07. The molecule has 0 bridgehead atoms. The number of guanidine groups is 1. The van der Waals surface area contributed by atoms with Gasteiger partial charge in [-0.15, -0.1) is 24.0 Å². The monoisotopic (exact) mass is 468 g/mol. The minimum Gasteiger partial charge on any atom is -0.383 e. The molecule has 0 fully saturated rings. The van der Waals surface area contributed by atoms with Crippen LogP contribution in [-0.2, 0) is 11.3 Å². The van der Waals surface area contributed by atoms with Crippen molar-refractivity contribution in [2.45, 2.75) is 13.5 Å². The fourth-order valence-electron chi connectivity index (χ4n) is 2.14. The summed E-state index contributed by atoms with van der Waals surface area (Å²) in [6.45, 7) is 7.01. The number of halogens is 2. The first-order valence-electron chi connectivity index (χ1n) is 7.98. The molecule has 0 atom stereocenters. The van der Waals surface area contributed by atoms with Crippen LogP contribution in [0.5, 0.6) is 0 Å². The van der Waals surface area contributed by atoms with Gasteiger partial charge in [-0.2, -0.15) is 0 Å². The lowest BCUT2D eigenvalue weighted by Crippen LogP contribution is -2.39. The zero-order valence-electron chi connectivity index (χ0n) is 15.1. The van der Waals surface area contributed by atoms with Crippen molar-refractivity contribution in [2.24, 2.45) is 4.99 Å². The fourth-order valence-corrected chi connectivity index (χ4v) is 2.35. The number of likely N-dealkylation sites (N-methyl/N-ethyl adjacent to an activating group) is 1. The van der Waals surface area contributed by atoms with E-state index in [1.807, 2.05) is 25.2 Å². The molecule has 1 aromatic rings. The largest absolute Gasteiger partial charge is 0.383 e. The molecule has 138 valence electrons. The van der Waals surface area contributed by atoms with Crippen LogP contribution < -0.4 is 5.32 Å². The summed E-state index contributed by atoms with van der Waals surface area (Å²) in [5.41, 5.74) is 1.17. The molecule has 0 aliphatic carbocycles. The van der Waals surface area contributed by atoms with Gasteiger partial charge in [0.15, 0.2) is 5.96 Å². The first kappa shape index (κ1) is 23.4. The van der Waals surface area contributed by atoms with E-state index in [1.165, 1.54) is 5.56 Å². The number of rotatable bonds is 9. The Bertz CT molecular complexity index is 487. The predicted octanol–water partition coefficient (Wildman–Crippen LogP) is 2.93. The topological polar surface area (TPSA) is 40.1 Å². The van der Waals surface area contributed by atoms with Crippen LogP contribution in [0.25, 0.3) is 0 Å². The third kappa shape index (κ3) is 9.66. The van der Waals surface area contributed by atoms with E-state index in [9.17, 15) is 0 Å². The SMILES string of the molecule is CCNC(=NCCN(C)CCOC)N(C)Cc1cccc(Cl)c1.I. The highest BCUT2D eigenvalue weighted by atomic mass is 127. The van der Waals surface area contributed by atoms with Crippen LogP contribution in [0.3, 0.4) is 0 Å². The van der Waals surface area contributed by atoms with Crippen LogP contribution in [-0.4, -0.2) is 69.8 Å².